The van der Waals surface area contributed by atoms with Crippen LogP contribution in [0, 0.1) is 6.92 Å². The molecule has 0 fully saturated rings. The number of hydrogen-bond donors (Lipinski definition) is 0. The second-order valence-corrected chi connectivity index (χ2v) is 6.20. The molecule has 0 spiro atoms. The van der Waals surface area contributed by atoms with Crippen LogP contribution in [0.3, 0.4) is 0 Å². The SMILES string of the molecule is CCCC(CC)c1cc(-c2cncnc2)ccc1-n1ccc(C)n1. The Bertz CT molecular complexity index is 792. The molecule has 0 saturated heterocycles. The fourth-order valence-corrected chi connectivity index (χ4v) is 3.20. The minimum atomic E-state index is 0.527. The maximum Gasteiger partial charge on any atom is 0.115 e. The van der Waals surface area contributed by atoms with Crippen molar-refractivity contribution < 1.29 is 0 Å². The zero-order chi connectivity index (χ0) is 16.9. The van der Waals surface area contributed by atoms with Crippen LogP contribution < -0.4 is 0 Å². The molecule has 1 aromatic carbocycles. The van der Waals surface area contributed by atoms with E-state index in [1.807, 2.05) is 36.3 Å². The zero-order valence-electron chi connectivity index (χ0n) is 14.6. The summed E-state index contributed by atoms with van der Waals surface area (Å²) < 4.78 is 1.99. The normalized spacial score (nSPS) is 12.3. The molecule has 0 radical (unpaired) electrons. The van der Waals surface area contributed by atoms with Gasteiger partial charge in [-0.25, -0.2) is 14.6 Å². The first-order chi connectivity index (χ1) is 11.7. The summed E-state index contributed by atoms with van der Waals surface area (Å²) in [6.07, 6.45) is 10.8. The number of aryl methyl sites for hydroxylation is 1. The van der Waals surface area contributed by atoms with E-state index in [0.29, 0.717) is 5.92 Å². The molecule has 1 atom stereocenters. The highest BCUT2D eigenvalue weighted by molar-refractivity contribution is 5.65. The Morgan fingerprint density at radius 1 is 1.04 bits per heavy atom. The monoisotopic (exact) mass is 320 g/mol. The van der Waals surface area contributed by atoms with Gasteiger partial charge >= 0.3 is 0 Å². The van der Waals surface area contributed by atoms with Gasteiger partial charge in [0.15, 0.2) is 0 Å². The summed E-state index contributed by atoms with van der Waals surface area (Å²) in [5.41, 5.74) is 5.76. The highest BCUT2D eigenvalue weighted by Crippen LogP contribution is 2.33. The lowest BCUT2D eigenvalue weighted by Gasteiger charge is -2.20. The van der Waals surface area contributed by atoms with E-state index in [1.54, 1.807) is 6.33 Å². The summed E-state index contributed by atoms with van der Waals surface area (Å²) in [7, 11) is 0. The van der Waals surface area contributed by atoms with Crippen molar-refractivity contribution in [3.63, 3.8) is 0 Å². The molecular weight excluding hydrogens is 296 g/mol. The molecule has 24 heavy (non-hydrogen) atoms. The number of rotatable bonds is 6. The molecule has 1 unspecified atom stereocenters. The van der Waals surface area contributed by atoms with Crippen molar-refractivity contribution in [2.75, 3.05) is 0 Å². The van der Waals surface area contributed by atoms with Gasteiger partial charge in [-0.1, -0.05) is 26.3 Å². The van der Waals surface area contributed by atoms with Crippen molar-refractivity contribution in [2.24, 2.45) is 0 Å². The lowest BCUT2D eigenvalue weighted by atomic mass is 9.89. The largest absolute Gasteiger partial charge is 0.244 e. The van der Waals surface area contributed by atoms with Crippen LogP contribution in [-0.2, 0) is 0 Å². The molecule has 0 bridgehead atoms. The van der Waals surface area contributed by atoms with Gasteiger partial charge in [0.25, 0.3) is 0 Å². The maximum atomic E-state index is 4.61. The average Bonchev–Trinajstić information content (AvgIpc) is 3.06. The highest BCUT2D eigenvalue weighted by atomic mass is 15.3. The van der Waals surface area contributed by atoms with E-state index in [1.165, 1.54) is 24.1 Å². The maximum absolute atomic E-state index is 4.61. The minimum absolute atomic E-state index is 0.527. The molecule has 2 aromatic heterocycles. The number of nitrogens with zero attached hydrogens (tertiary/aromatic N) is 4. The lowest BCUT2D eigenvalue weighted by Crippen LogP contribution is -2.06. The number of aromatic nitrogens is 4. The van der Waals surface area contributed by atoms with Crippen molar-refractivity contribution >= 4 is 0 Å². The van der Waals surface area contributed by atoms with Crippen molar-refractivity contribution in [3.8, 4) is 16.8 Å². The molecule has 0 aliphatic carbocycles. The predicted molar refractivity (Wildman–Crippen MR) is 97.3 cm³/mol. The van der Waals surface area contributed by atoms with Crippen LogP contribution in [0.2, 0.25) is 0 Å². The molecule has 4 nitrogen and oxygen atoms in total. The van der Waals surface area contributed by atoms with E-state index >= 15 is 0 Å². The van der Waals surface area contributed by atoms with Gasteiger partial charge in [0.05, 0.1) is 11.4 Å². The van der Waals surface area contributed by atoms with Crippen molar-refractivity contribution in [1.29, 1.82) is 0 Å². The van der Waals surface area contributed by atoms with Crippen molar-refractivity contribution in [2.45, 2.75) is 46.0 Å². The van der Waals surface area contributed by atoms with Crippen LogP contribution >= 0.6 is 0 Å². The van der Waals surface area contributed by atoms with Gasteiger partial charge in [-0.15, -0.1) is 0 Å². The Morgan fingerprint density at radius 3 is 2.46 bits per heavy atom. The van der Waals surface area contributed by atoms with E-state index in [4.69, 9.17) is 0 Å². The summed E-state index contributed by atoms with van der Waals surface area (Å²) in [6.45, 7) is 6.53. The smallest absolute Gasteiger partial charge is 0.115 e. The lowest BCUT2D eigenvalue weighted by molar-refractivity contribution is 0.591. The summed E-state index contributed by atoms with van der Waals surface area (Å²) in [4.78, 5) is 8.29. The fourth-order valence-electron chi connectivity index (χ4n) is 3.20. The van der Waals surface area contributed by atoms with Crippen LogP contribution in [0.1, 0.15) is 50.3 Å². The van der Waals surface area contributed by atoms with Gasteiger partial charge in [0, 0.05) is 24.2 Å². The standard InChI is InChI=1S/C20H24N4/c1-4-6-16(5-2)19-11-17(18-12-21-14-22-13-18)7-8-20(19)24-10-9-15(3)23-24/h7-14,16H,4-6H2,1-3H3. The third kappa shape index (κ3) is 3.37. The molecule has 2 heterocycles. The quantitative estimate of drug-likeness (QED) is 0.646. The first kappa shape index (κ1) is 16.4. The topological polar surface area (TPSA) is 43.6 Å². The summed E-state index contributed by atoms with van der Waals surface area (Å²) in [5.74, 6) is 0.527. The average molecular weight is 320 g/mol. The molecule has 0 aliphatic rings. The van der Waals surface area contributed by atoms with E-state index in [2.05, 4.69) is 47.1 Å². The summed E-state index contributed by atoms with van der Waals surface area (Å²) >= 11 is 0. The van der Waals surface area contributed by atoms with Gasteiger partial charge in [-0.3, -0.25) is 0 Å². The fraction of sp³-hybridized carbons (Fsp3) is 0.350. The van der Waals surface area contributed by atoms with Crippen LogP contribution in [0.15, 0.2) is 49.2 Å². The van der Waals surface area contributed by atoms with Gasteiger partial charge in [-0.05, 0) is 55.0 Å². The molecule has 0 amide bonds. The first-order valence-corrected chi connectivity index (χ1v) is 8.64. The van der Waals surface area contributed by atoms with Crippen LogP contribution in [0.4, 0.5) is 0 Å². The number of hydrogen-bond acceptors (Lipinski definition) is 3. The minimum Gasteiger partial charge on any atom is -0.244 e. The Morgan fingerprint density at radius 2 is 1.83 bits per heavy atom. The Balaban J connectivity index is 2.11. The molecule has 0 saturated carbocycles. The molecular formula is C20H24N4. The van der Waals surface area contributed by atoms with E-state index < -0.39 is 0 Å². The van der Waals surface area contributed by atoms with Gasteiger partial charge in [0.1, 0.15) is 6.33 Å². The van der Waals surface area contributed by atoms with Gasteiger partial charge < -0.3 is 0 Å². The molecule has 0 aliphatic heterocycles. The van der Waals surface area contributed by atoms with E-state index in [0.717, 1.165) is 23.2 Å². The number of benzene rings is 1. The molecule has 3 aromatic rings. The molecule has 4 heteroatoms. The summed E-state index contributed by atoms with van der Waals surface area (Å²) in [5, 5.41) is 4.61. The first-order valence-electron chi connectivity index (χ1n) is 8.64. The Labute approximate surface area is 143 Å². The highest BCUT2D eigenvalue weighted by Gasteiger charge is 2.16. The van der Waals surface area contributed by atoms with Gasteiger partial charge in [-0.2, -0.15) is 5.10 Å². The van der Waals surface area contributed by atoms with E-state index in [-0.39, 0.29) is 0 Å². The third-order valence-corrected chi connectivity index (χ3v) is 4.46. The zero-order valence-corrected chi connectivity index (χ0v) is 14.6. The van der Waals surface area contributed by atoms with Crippen LogP contribution in [0.25, 0.3) is 16.8 Å². The Hall–Kier alpha value is -2.49. The predicted octanol–water partition coefficient (Wildman–Crippen LogP) is 4.93. The molecule has 124 valence electrons. The van der Waals surface area contributed by atoms with Crippen LogP contribution in [-0.4, -0.2) is 19.7 Å². The molecule has 3 rings (SSSR count). The Kier molecular flexibility index (Phi) is 5.04. The van der Waals surface area contributed by atoms with Crippen molar-refractivity contribution in [1.82, 2.24) is 19.7 Å². The van der Waals surface area contributed by atoms with Crippen LogP contribution in [0.5, 0.6) is 0 Å². The van der Waals surface area contributed by atoms with E-state index in [9.17, 15) is 0 Å². The van der Waals surface area contributed by atoms with Gasteiger partial charge in [0.2, 0.25) is 0 Å². The van der Waals surface area contributed by atoms with Crippen molar-refractivity contribution in [3.05, 3.63) is 60.4 Å². The summed E-state index contributed by atoms with van der Waals surface area (Å²) in [6, 6.07) is 8.63. The third-order valence-electron chi connectivity index (χ3n) is 4.46. The molecule has 0 N–H and O–H groups in total. The second kappa shape index (κ2) is 7.39. The second-order valence-electron chi connectivity index (χ2n) is 6.20.